The van der Waals surface area contributed by atoms with Crippen molar-refractivity contribution in [3.63, 3.8) is 0 Å². The molecule has 0 bridgehead atoms. The van der Waals surface area contributed by atoms with Crippen molar-refractivity contribution in [2.24, 2.45) is 0 Å². The van der Waals surface area contributed by atoms with E-state index in [1.807, 2.05) is 6.07 Å². The highest BCUT2D eigenvalue weighted by Gasteiger charge is 2.00. The number of ketones is 1. The molecule has 0 aliphatic carbocycles. The first-order chi connectivity index (χ1) is 8.27. The maximum Gasteiger partial charge on any atom is 0.236 e. The minimum atomic E-state index is -0.416. The Morgan fingerprint density at radius 2 is 1.59 bits per heavy atom. The summed E-state index contributed by atoms with van der Waals surface area (Å²) in [5, 5.41) is 0. The second kappa shape index (κ2) is 5.09. The molecule has 0 saturated carbocycles. The van der Waals surface area contributed by atoms with Gasteiger partial charge in [-0.05, 0) is 18.1 Å². The van der Waals surface area contributed by atoms with Crippen LogP contribution in [-0.4, -0.2) is 5.78 Å². The molecule has 0 aliphatic rings. The zero-order valence-corrected chi connectivity index (χ0v) is 8.98. The van der Waals surface area contributed by atoms with E-state index in [1.165, 1.54) is 6.07 Å². The number of halogens is 1. The number of carbonyl (C=O) groups excluding carboxylic acids is 1. The SMILES string of the molecule is O=C(C#Cc1ccccc1F)c1ccccc1. The number of carbonyl (C=O) groups is 1. The smallest absolute Gasteiger partial charge is 0.236 e. The molecule has 0 atom stereocenters. The minimum Gasteiger partial charge on any atom is -0.279 e. The molecule has 2 aromatic rings. The van der Waals surface area contributed by atoms with Crippen LogP contribution in [0.15, 0.2) is 54.6 Å². The van der Waals surface area contributed by atoms with Gasteiger partial charge in [0.25, 0.3) is 0 Å². The van der Waals surface area contributed by atoms with E-state index in [0.717, 1.165) is 0 Å². The van der Waals surface area contributed by atoms with Crippen molar-refractivity contribution < 1.29 is 9.18 Å². The average Bonchev–Trinajstić information content (AvgIpc) is 2.38. The topological polar surface area (TPSA) is 17.1 Å². The van der Waals surface area contributed by atoms with Crippen molar-refractivity contribution in [1.82, 2.24) is 0 Å². The second-order valence-corrected chi connectivity index (χ2v) is 3.42. The lowest BCUT2D eigenvalue weighted by Crippen LogP contribution is -1.94. The van der Waals surface area contributed by atoms with Gasteiger partial charge in [0.2, 0.25) is 5.78 Å². The molecule has 2 aromatic carbocycles. The number of hydrogen-bond acceptors (Lipinski definition) is 1. The van der Waals surface area contributed by atoms with Gasteiger partial charge in [-0.25, -0.2) is 4.39 Å². The fourth-order valence-corrected chi connectivity index (χ4v) is 1.35. The highest BCUT2D eigenvalue weighted by atomic mass is 19.1. The molecule has 17 heavy (non-hydrogen) atoms. The number of hydrogen-bond donors (Lipinski definition) is 0. The van der Waals surface area contributed by atoms with Gasteiger partial charge < -0.3 is 0 Å². The van der Waals surface area contributed by atoms with Gasteiger partial charge in [-0.15, -0.1) is 0 Å². The van der Waals surface area contributed by atoms with E-state index in [9.17, 15) is 9.18 Å². The van der Waals surface area contributed by atoms with Crippen molar-refractivity contribution in [3.05, 3.63) is 71.5 Å². The van der Waals surface area contributed by atoms with Crippen LogP contribution in [0, 0.1) is 17.7 Å². The molecule has 1 nitrogen and oxygen atoms in total. The zero-order chi connectivity index (χ0) is 12.1. The highest BCUT2D eigenvalue weighted by Crippen LogP contribution is 2.04. The first kappa shape index (κ1) is 11.1. The molecule has 0 heterocycles. The molecule has 0 unspecified atom stereocenters. The van der Waals surface area contributed by atoms with Gasteiger partial charge in [-0.2, -0.15) is 0 Å². The normalized spacial score (nSPS) is 9.24. The maximum atomic E-state index is 13.2. The lowest BCUT2D eigenvalue weighted by molar-refractivity contribution is 0.105. The quantitative estimate of drug-likeness (QED) is 0.537. The molecule has 0 amide bonds. The Kier molecular flexibility index (Phi) is 3.32. The molecule has 0 aromatic heterocycles. The van der Waals surface area contributed by atoms with E-state index in [-0.39, 0.29) is 11.3 Å². The third-order valence-electron chi connectivity index (χ3n) is 2.22. The number of Topliss-reactive ketones (excluding diaryl/α,β-unsaturated/α-hetero) is 1. The van der Waals surface area contributed by atoms with E-state index >= 15 is 0 Å². The lowest BCUT2D eigenvalue weighted by Gasteiger charge is -1.92. The van der Waals surface area contributed by atoms with Gasteiger partial charge in [-0.3, -0.25) is 4.79 Å². The average molecular weight is 224 g/mol. The predicted octanol–water partition coefficient (Wildman–Crippen LogP) is 3.06. The molecule has 0 aliphatic heterocycles. The van der Waals surface area contributed by atoms with Gasteiger partial charge >= 0.3 is 0 Å². The van der Waals surface area contributed by atoms with Crippen molar-refractivity contribution in [2.45, 2.75) is 0 Å². The number of rotatable bonds is 1. The monoisotopic (exact) mass is 224 g/mol. The van der Waals surface area contributed by atoms with Crippen LogP contribution in [0.25, 0.3) is 0 Å². The molecule has 0 fully saturated rings. The summed E-state index contributed by atoms with van der Waals surface area (Å²) in [6.45, 7) is 0. The third-order valence-corrected chi connectivity index (χ3v) is 2.22. The van der Waals surface area contributed by atoms with E-state index in [0.29, 0.717) is 5.56 Å². The van der Waals surface area contributed by atoms with Gasteiger partial charge in [0.05, 0.1) is 5.56 Å². The van der Waals surface area contributed by atoms with Crippen LogP contribution < -0.4 is 0 Å². The molecular weight excluding hydrogens is 215 g/mol. The Labute approximate surface area is 98.9 Å². The number of benzene rings is 2. The van der Waals surface area contributed by atoms with E-state index in [4.69, 9.17) is 0 Å². The second-order valence-electron chi connectivity index (χ2n) is 3.42. The zero-order valence-electron chi connectivity index (χ0n) is 8.98. The van der Waals surface area contributed by atoms with Gasteiger partial charge in [0, 0.05) is 5.56 Å². The van der Waals surface area contributed by atoms with Crippen LogP contribution in [-0.2, 0) is 0 Å². The molecule has 2 heteroatoms. The summed E-state index contributed by atoms with van der Waals surface area (Å²) < 4.78 is 13.2. The van der Waals surface area contributed by atoms with Crippen molar-refractivity contribution in [2.75, 3.05) is 0 Å². The summed E-state index contributed by atoms with van der Waals surface area (Å²) in [6, 6.07) is 14.8. The van der Waals surface area contributed by atoms with Crippen LogP contribution in [0.1, 0.15) is 15.9 Å². The lowest BCUT2D eigenvalue weighted by atomic mass is 10.1. The molecule has 2 rings (SSSR count). The van der Waals surface area contributed by atoms with Crippen LogP contribution >= 0.6 is 0 Å². The third kappa shape index (κ3) is 2.79. The van der Waals surface area contributed by atoms with Crippen LogP contribution in [0.5, 0.6) is 0 Å². The fraction of sp³-hybridized carbons (Fsp3) is 0. The Morgan fingerprint density at radius 1 is 0.941 bits per heavy atom. The highest BCUT2D eigenvalue weighted by molar-refractivity contribution is 6.09. The standard InChI is InChI=1S/C15H9FO/c16-14-9-5-4-6-12(14)10-11-15(17)13-7-2-1-3-8-13/h1-9H. The molecule has 0 radical (unpaired) electrons. The minimum absolute atomic E-state index is 0.233. The summed E-state index contributed by atoms with van der Waals surface area (Å²) in [5.74, 6) is 4.24. The molecular formula is C15H9FO. The first-order valence-corrected chi connectivity index (χ1v) is 5.13. The Morgan fingerprint density at radius 3 is 2.29 bits per heavy atom. The molecule has 0 saturated heterocycles. The van der Waals surface area contributed by atoms with Gasteiger partial charge in [-0.1, -0.05) is 48.4 Å². The Bertz CT molecular complexity index is 591. The maximum absolute atomic E-state index is 13.2. The van der Waals surface area contributed by atoms with Crippen LogP contribution in [0.2, 0.25) is 0 Å². The summed E-state index contributed by atoms with van der Waals surface area (Å²) in [7, 11) is 0. The van der Waals surface area contributed by atoms with Gasteiger partial charge in [0.15, 0.2) is 0 Å². The Hall–Kier alpha value is -2.40. The first-order valence-electron chi connectivity index (χ1n) is 5.13. The summed E-state index contributed by atoms with van der Waals surface area (Å²) in [6.07, 6.45) is 0. The summed E-state index contributed by atoms with van der Waals surface area (Å²) in [5.41, 5.74) is 0.744. The summed E-state index contributed by atoms with van der Waals surface area (Å²) >= 11 is 0. The van der Waals surface area contributed by atoms with E-state index < -0.39 is 5.82 Å². The molecule has 82 valence electrons. The molecule has 0 N–H and O–H groups in total. The summed E-state index contributed by atoms with van der Waals surface area (Å²) in [4.78, 5) is 11.6. The van der Waals surface area contributed by atoms with Crippen molar-refractivity contribution in [1.29, 1.82) is 0 Å². The van der Waals surface area contributed by atoms with E-state index in [1.54, 1.807) is 42.5 Å². The van der Waals surface area contributed by atoms with Gasteiger partial charge in [0.1, 0.15) is 5.82 Å². The predicted molar refractivity (Wildman–Crippen MR) is 64.1 cm³/mol. The van der Waals surface area contributed by atoms with Crippen LogP contribution in [0.3, 0.4) is 0 Å². The van der Waals surface area contributed by atoms with Crippen molar-refractivity contribution >= 4 is 5.78 Å². The molecule has 0 spiro atoms. The van der Waals surface area contributed by atoms with Crippen molar-refractivity contribution in [3.8, 4) is 11.8 Å². The van der Waals surface area contributed by atoms with E-state index in [2.05, 4.69) is 11.8 Å². The van der Waals surface area contributed by atoms with Crippen LogP contribution in [0.4, 0.5) is 4.39 Å². The largest absolute Gasteiger partial charge is 0.279 e. The fourth-order valence-electron chi connectivity index (χ4n) is 1.35. The Balaban J connectivity index is 2.24.